The normalized spacial score (nSPS) is 11.3. The van der Waals surface area contributed by atoms with Crippen LogP contribution in [0, 0.1) is 0 Å². The molecule has 0 saturated carbocycles. The fourth-order valence-electron chi connectivity index (χ4n) is 3.16. The molecule has 162 valence electrons. The maximum absolute atomic E-state index is 12.3. The maximum atomic E-state index is 12.3. The topological polar surface area (TPSA) is 134 Å². The molecule has 8 nitrogen and oxygen atoms in total. The van der Waals surface area contributed by atoms with E-state index in [9.17, 15) is 17.8 Å². The van der Waals surface area contributed by atoms with Gasteiger partial charge in [-0.25, -0.2) is 0 Å². The van der Waals surface area contributed by atoms with Gasteiger partial charge in [0.05, 0.1) is 11.4 Å². The van der Waals surface area contributed by atoms with Gasteiger partial charge in [-0.1, -0.05) is 42.5 Å². The number of carbonyl (C=O) groups excluding carboxylic acids is 1. The molecule has 0 spiro atoms. The Morgan fingerprint density at radius 2 is 1.45 bits per heavy atom. The second-order valence-electron chi connectivity index (χ2n) is 6.90. The van der Waals surface area contributed by atoms with Crippen molar-refractivity contribution in [2.45, 2.75) is 4.90 Å². The van der Waals surface area contributed by atoms with Gasteiger partial charge in [-0.05, 0) is 42.5 Å². The van der Waals surface area contributed by atoms with Crippen LogP contribution in [0.5, 0.6) is 0 Å². The van der Waals surface area contributed by atoms with Crippen molar-refractivity contribution >= 4 is 79.1 Å². The fourth-order valence-corrected chi connectivity index (χ4v) is 3.88. The molecule has 10 heteroatoms. The first kappa shape index (κ1) is 24.6. The van der Waals surface area contributed by atoms with Crippen molar-refractivity contribution in [2.75, 3.05) is 11.1 Å². The van der Waals surface area contributed by atoms with Crippen LogP contribution in [0.3, 0.4) is 0 Å². The number of nitrogen functional groups attached to an aromatic ring is 1. The molecule has 1 amide bonds. The molecule has 0 unspecified atom stereocenters. The van der Waals surface area contributed by atoms with E-state index >= 15 is 0 Å². The van der Waals surface area contributed by atoms with Crippen LogP contribution in [0.25, 0.3) is 10.8 Å². The Morgan fingerprint density at radius 3 is 2.09 bits per heavy atom. The number of nitrogens with one attached hydrogen (secondary N) is 1. The number of rotatable bonds is 5. The Bertz CT molecular complexity index is 1440. The van der Waals surface area contributed by atoms with Gasteiger partial charge in [0.25, 0.3) is 16.0 Å². The van der Waals surface area contributed by atoms with Gasteiger partial charge in [0, 0.05) is 22.0 Å². The summed E-state index contributed by atoms with van der Waals surface area (Å²) in [7, 11) is -4.49. The molecule has 0 aliphatic carbocycles. The summed E-state index contributed by atoms with van der Waals surface area (Å²) in [4.78, 5) is 12.0. The first-order valence-corrected chi connectivity index (χ1v) is 10.9. The zero-order valence-corrected chi connectivity index (χ0v) is 17.5. The summed E-state index contributed by atoms with van der Waals surface area (Å²) in [6.45, 7) is 0. The van der Waals surface area contributed by atoms with Gasteiger partial charge in [0.2, 0.25) is 0 Å². The SMILES string of the molecule is Nc1c(/N=N/c2ccc(C(=O)Nc3ccccc3)cc2)cc(S(=O)(=O)O)c2ccccc12.[NaH]. The zero-order valence-electron chi connectivity index (χ0n) is 16.6. The number of carbonyl (C=O) groups is 1. The molecule has 0 aliphatic rings. The molecule has 0 fully saturated rings. The number of fused-ring (bicyclic) bond motifs is 1. The van der Waals surface area contributed by atoms with Crippen LogP contribution >= 0.6 is 0 Å². The minimum absolute atomic E-state index is 0. The summed E-state index contributed by atoms with van der Waals surface area (Å²) in [5, 5.41) is 11.7. The number of benzene rings is 4. The molecule has 0 aromatic heterocycles. The number of anilines is 2. The van der Waals surface area contributed by atoms with Gasteiger partial charge < -0.3 is 11.1 Å². The van der Waals surface area contributed by atoms with E-state index in [2.05, 4.69) is 15.5 Å². The van der Waals surface area contributed by atoms with Crippen molar-refractivity contribution in [3.63, 3.8) is 0 Å². The molecule has 0 heterocycles. The molecule has 4 aromatic carbocycles. The van der Waals surface area contributed by atoms with Gasteiger partial charge in [-0.15, -0.1) is 5.11 Å². The number of nitrogens with zero attached hydrogens (tertiary/aromatic N) is 2. The third-order valence-corrected chi connectivity index (χ3v) is 5.63. The van der Waals surface area contributed by atoms with Crippen LogP contribution < -0.4 is 11.1 Å². The van der Waals surface area contributed by atoms with Crippen molar-refractivity contribution in [1.82, 2.24) is 0 Å². The third kappa shape index (κ3) is 5.65. The second kappa shape index (κ2) is 10.2. The van der Waals surface area contributed by atoms with Crippen molar-refractivity contribution < 1.29 is 17.8 Å². The average molecular weight is 470 g/mol. The predicted molar refractivity (Wildman–Crippen MR) is 130 cm³/mol. The van der Waals surface area contributed by atoms with E-state index in [1.54, 1.807) is 60.7 Å². The zero-order chi connectivity index (χ0) is 22.7. The molecule has 0 saturated heterocycles. The first-order valence-electron chi connectivity index (χ1n) is 9.50. The van der Waals surface area contributed by atoms with E-state index in [1.165, 1.54) is 6.07 Å². The van der Waals surface area contributed by atoms with Gasteiger partial charge in [-0.2, -0.15) is 13.5 Å². The minimum atomic E-state index is -4.49. The summed E-state index contributed by atoms with van der Waals surface area (Å²) in [6, 6.07) is 23.2. The Balaban J connectivity index is 0.00000306. The molecule has 4 N–H and O–H groups in total. The summed E-state index contributed by atoms with van der Waals surface area (Å²) in [5.41, 5.74) is 8.03. The van der Waals surface area contributed by atoms with E-state index < -0.39 is 10.1 Å². The quantitative estimate of drug-likeness (QED) is 0.168. The molecular formula is C23H19N4NaO4S. The number of amides is 1. The molecule has 0 atom stereocenters. The predicted octanol–water partition coefficient (Wildman–Crippen LogP) is 4.69. The van der Waals surface area contributed by atoms with E-state index in [-0.39, 0.29) is 51.7 Å². The van der Waals surface area contributed by atoms with Gasteiger partial charge in [0.1, 0.15) is 10.6 Å². The Kier molecular flexibility index (Phi) is 7.62. The molecule has 33 heavy (non-hydrogen) atoms. The summed E-state index contributed by atoms with van der Waals surface area (Å²) < 4.78 is 33.2. The number of hydrogen-bond acceptors (Lipinski definition) is 6. The molecule has 0 bridgehead atoms. The Hall–Kier alpha value is -3.08. The molecule has 0 aliphatic heterocycles. The van der Waals surface area contributed by atoms with Crippen LogP contribution in [0.15, 0.2) is 100 Å². The van der Waals surface area contributed by atoms with Gasteiger partial charge in [-0.3, -0.25) is 9.35 Å². The third-order valence-electron chi connectivity index (χ3n) is 4.74. The standard InChI is InChI=1S/C23H18N4O4S.Na.H/c24-22-19-9-5-4-8-18(19)21(32(29,30)31)14-20(22)27-26-17-12-10-15(11-13-17)23(28)25-16-6-2-1-3-7-16;;/h1-14H,24H2,(H,25,28)(H,29,30,31);;/b27-26+;;. The Labute approximate surface area is 212 Å². The van der Waals surface area contributed by atoms with Gasteiger partial charge in [0.15, 0.2) is 0 Å². The summed E-state index contributed by atoms with van der Waals surface area (Å²) in [6.07, 6.45) is 0. The van der Waals surface area contributed by atoms with Crippen LogP contribution in [-0.4, -0.2) is 48.4 Å². The van der Waals surface area contributed by atoms with Crippen molar-refractivity contribution in [3.05, 3.63) is 90.5 Å². The second-order valence-corrected chi connectivity index (χ2v) is 8.29. The fraction of sp³-hybridized carbons (Fsp3) is 0. The number of azo groups is 1. The van der Waals surface area contributed by atoms with Crippen LogP contribution in [-0.2, 0) is 10.1 Å². The molecule has 0 radical (unpaired) electrons. The van der Waals surface area contributed by atoms with Gasteiger partial charge >= 0.3 is 29.6 Å². The van der Waals surface area contributed by atoms with E-state index in [1.807, 2.05) is 18.2 Å². The molecule has 4 aromatic rings. The summed E-state index contributed by atoms with van der Waals surface area (Å²) in [5.74, 6) is -0.267. The average Bonchev–Trinajstić information content (AvgIpc) is 2.79. The van der Waals surface area contributed by atoms with Crippen molar-refractivity contribution in [2.24, 2.45) is 10.2 Å². The first-order chi connectivity index (χ1) is 15.3. The van der Waals surface area contributed by atoms with Crippen LogP contribution in [0.2, 0.25) is 0 Å². The van der Waals surface area contributed by atoms with E-state index in [4.69, 9.17) is 5.73 Å². The summed E-state index contributed by atoms with van der Waals surface area (Å²) >= 11 is 0. The van der Waals surface area contributed by atoms with Crippen molar-refractivity contribution in [1.29, 1.82) is 0 Å². The van der Waals surface area contributed by atoms with E-state index in [0.717, 1.165) is 0 Å². The Morgan fingerprint density at radius 1 is 0.848 bits per heavy atom. The molecule has 4 rings (SSSR count). The number of hydrogen-bond donors (Lipinski definition) is 3. The van der Waals surface area contributed by atoms with Crippen LogP contribution in [0.1, 0.15) is 10.4 Å². The van der Waals surface area contributed by atoms with Crippen molar-refractivity contribution in [3.8, 4) is 0 Å². The monoisotopic (exact) mass is 470 g/mol. The molecular weight excluding hydrogens is 451 g/mol. The number of para-hydroxylation sites is 1. The van der Waals surface area contributed by atoms with Crippen LogP contribution in [0.4, 0.5) is 22.7 Å². The van der Waals surface area contributed by atoms with E-state index in [0.29, 0.717) is 27.7 Å². The number of nitrogens with two attached hydrogens (primary N) is 1.